The zero-order chi connectivity index (χ0) is 27.4. The van der Waals surface area contributed by atoms with Crippen LogP contribution in [-0.2, 0) is 0 Å². The Bertz CT molecular complexity index is 1130. The fourth-order valence-corrected chi connectivity index (χ4v) is 6.89. The SMILES string of the molecule is O=C(NC1CCC(CCN2CCN(c3cccc(Cl)c3Cl)CC2)CC1)N1CCN(c2cccc(Cl)c2Cl)CC1. The van der Waals surface area contributed by atoms with E-state index in [4.69, 9.17) is 46.4 Å². The molecule has 0 radical (unpaired) electrons. The molecule has 2 saturated heterocycles. The lowest BCUT2D eigenvalue weighted by Crippen LogP contribution is -2.54. The molecule has 1 N–H and O–H groups in total. The molecule has 0 spiro atoms. The number of anilines is 2. The van der Waals surface area contributed by atoms with Crippen molar-refractivity contribution < 1.29 is 4.79 Å². The zero-order valence-corrected chi connectivity index (χ0v) is 25.3. The fraction of sp³-hybridized carbons (Fsp3) is 0.552. The van der Waals surface area contributed by atoms with Crippen molar-refractivity contribution in [3.63, 3.8) is 0 Å². The minimum Gasteiger partial charge on any atom is -0.368 e. The smallest absolute Gasteiger partial charge is 0.317 e. The average molecular weight is 613 g/mol. The molecule has 0 unspecified atom stereocenters. The molecule has 0 aromatic heterocycles. The van der Waals surface area contributed by atoms with Crippen molar-refractivity contribution in [3.8, 4) is 0 Å². The van der Waals surface area contributed by atoms with Gasteiger partial charge in [0.2, 0.25) is 0 Å². The van der Waals surface area contributed by atoms with E-state index in [2.05, 4.69) is 26.1 Å². The number of rotatable bonds is 6. The summed E-state index contributed by atoms with van der Waals surface area (Å²) in [6, 6.07) is 11.9. The Balaban J connectivity index is 0.982. The number of urea groups is 1. The van der Waals surface area contributed by atoms with Gasteiger partial charge in [0.1, 0.15) is 0 Å². The Labute approximate surface area is 252 Å². The summed E-state index contributed by atoms with van der Waals surface area (Å²) in [6.07, 6.45) is 5.73. The van der Waals surface area contributed by atoms with Crippen LogP contribution in [0.1, 0.15) is 32.1 Å². The molecule has 5 rings (SSSR count). The van der Waals surface area contributed by atoms with E-state index >= 15 is 0 Å². The maximum atomic E-state index is 12.9. The Morgan fingerprint density at radius 2 is 1.23 bits per heavy atom. The number of piperazine rings is 2. The van der Waals surface area contributed by atoms with Crippen LogP contribution >= 0.6 is 46.4 Å². The first-order valence-corrected chi connectivity index (χ1v) is 15.6. The van der Waals surface area contributed by atoms with Crippen molar-refractivity contribution in [2.24, 2.45) is 5.92 Å². The van der Waals surface area contributed by atoms with Gasteiger partial charge >= 0.3 is 6.03 Å². The number of nitrogens with zero attached hydrogens (tertiary/aromatic N) is 4. The van der Waals surface area contributed by atoms with E-state index in [1.807, 2.05) is 29.2 Å². The van der Waals surface area contributed by atoms with Gasteiger partial charge in [-0.15, -0.1) is 0 Å². The Kier molecular flexibility index (Phi) is 9.94. The lowest BCUT2D eigenvalue weighted by molar-refractivity contribution is 0.179. The van der Waals surface area contributed by atoms with Gasteiger partial charge in [0.15, 0.2) is 0 Å². The molecule has 39 heavy (non-hydrogen) atoms. The van der Waals surface area contributed by atoms with Crippen LogP contribution < -0.4 is 15.1 Å². The summed E-state index contributed by atoms with van der Waals surface area (Å²) >= 11 is 25.2. The number of hydrogen-bond acceptors (Lipinski definition) is 4. The topological polar surface area (TPSA) is 42.1 Å². The summed E-state index contributed by atoms with van der Waals surface area (Å²) in [6.45, 7) is 8.04. The molecule has 1 saturated carbocycles. The lowest BCUT2D eigenvalue weighted by atomic mass is 9.84. The summed E-state index contributed by atoms with van der Waals surface area (Å²) in [5, 5.41) is 5.72. The highest BCUT2D eigenvalue weighted by Gasteiger charge is 2.28. The third-order valence-electron chi connectivity index (χ3n) is 8.51. The van der Waals surface area contributed by atoms with Crippen LogP contribution in [0.5, 0.6) is 0 Å². The number of amides is 2. The van der Waals surface area contributed by atoms with Gasteiger partial charge in [-0.25, -0.2) is 4.79 Å². The van der Waals surface area contributed by atoms with Crippen LogP contribution in [0.2, 0.25) is 20.1 Å². The monoisotopic (exact) mass is 611 g/mol. The molecule has 3 fully saturated rings. The molecule has 0 atom stereocenters. The normalized spacial score (nSPS) is 22.7. The highest BCUT2D eigenvalue weighted by atomic mass is 35.5. The van der Waals surface area contributed by atoms with Crippen LogP contribution in [0.4, 0.5) is 16.2 Å². The predicted molar refractivity (Wildman–Crippen MR) is 164 cm³/mol. The summed E-state index contributed by atoms with van der Waals surface area (Å²) in [5.41, 5.74) is 1.98. The van der Waals surface area contributed by atoms with E-state index in [0.717, 1.165) is 75.9 Å². The molecule has 10 heteroatoms. The van der Waals surface area contributed by atoms with Gasteiger partial charge in [-0.2, -0.15) is 0 Å². The van der Waals surface area contributed by atoms with E-state index in [0.29, 0.717) is 33.2 Å². The van der Waals surface area contributed by atoms with Gasteiger partial charge in [0.05, 0.1) is 31.5 Å². The van der Waals surface area contributed by atoms with Crippen LogP contribution in [0, 0.1) is 5.92 Å². The van der Waals surface area contributed by atoms with Crippen molar-refractivity contribution in [2.75, 3.05) is 68.7 Å². The maximum Gasteiger partial charge on any atom is 0.317 e. The van der Waals surface area contributed by atoms with Gasteiger partial charge in [0.25, 0.3) is 0 Å². The van der Waals surface area contributed by atoms with Crippen molar-refractivity contribution in [1.82, 2.24) is 15.1 Å². The van der Waals surface area contributed by atoms with Gasteiger partial charge < -0.3 is 20.0 Å². The minimum atomic E-state index is 0.0629. The fourth-order valence-electron chi connectivity index (χ4n) is 6.06. The number of carbonyl (C=O) groups excluding carboxylic acids is 1. The van der Waals surface area contributed by atoms with Crippen molar-refractivity contribution >= 4 is 63.8 Å². The van der Waals surface area contributed by atoms with Gasteiger partial charge in [-0.05, 0) is 68.8 Å². The van der Waals surface area contributed by atoms with E-state index in [1.165, 1.54) is 19.3 Å². The summed E-state index contributed by atoms with van der Waals surface area (Å²) in [5.74, 6) is 0.740. The lowest BCUT2D eigenvalue weighted by Gasteiger charge is -2.38. The third-order valence-corrected chi connectivity index (χ3v) is 10.1. The number of hydrogen-bond donors (Lipinski definition) is 1. The van der Waals surface area contributed by atoms with Crippen molar-refractivity contribution in [1.29, 1.82) is 0 Å². The maximum absolute atomic E-state index is 12.9. The van der Waals surface area contributed by atoms with Crippen LogP contribution in [0.25, 0.3) is 0 Å². The molecule has 0 bridgehead atoms. The van der Waals surface area contributed by atoms with Gasteiger partial charge in [0, 0.05) is 58.4 Å². The first kappa shape index (κ1) is 28.9. The zero-order valence-electron chi connectivity index (χ0n) is 22.2. The standard InChI is InChI=1S/C29H37Cl4N5O/c30-23-3-1-5-25(27(23)32)36-15-13-35(14-16-36)12-11-21-7-9-22(10-8-21)34-29(39)38-19-17-37(18-20-38)26-6-2-4-24(31)28(26)33/h1-6,21-22H,7-20H2,(H,34,39). The number of benzene rings is 2. The molecule has 212 valence electrons. The summed E-state index contributed by atoms with van der Waals surface area (Å²) in [4.78, 5) is 22.0. The van der Waals surface area contributed by atoms with Crippen molar-refractivity contribution in [3.05, 3.63) is 56.5 Å². The summed E-state index contributed by atoms with van der Waals surface area (Å²) in [7, 11) is 0. The number of halogens is 4. The minimum absolute atomic E-state index is 0.0629. The third kappa shape index (κ3) is 7.20. The molecule has 6 nitrogen and oxygen atoms in total. The van der Waals surface area contributed by atoms with E-state index in [1.54, 1.807) is 6.07 Å². The summed E-state index contributed by atoms with van der Waals surface area (Å²) < 4.78 is 0. The Morgan fingerprint density at radius 3 is 1.77 bits per heavy atom. The van der Waals surface area contributed by atoms with E-state index in [-0.39, 0.29) is 12.1 Å². The molecule has 2 aromatic carbocycles. The molecule has 2 heterocycles. The number of carbonyl (C=O) groups is 1. The van der Waals surface area contributed by atoms with E-state index in [9.17, 15) is 4.79 Å². The highest BCUT2D eigenvalue weighted by Crippen LogP contribution is 2.34. The molecular weight excluding hydrogens is 576 g/mol. The first-order chi connectivity index (χ1) is 18.9. The largest absolute Gasteiger partial charge is 0.368 e. The Morgan fingerprint density at radius 1 is 0.718 bits per heavy atom. The second kappa shape index (κ2) is 13.4. The molecular formula is C29H37Cl4N5O. The highest BCUT2D eigenvalue weighted by molar-refractivity contribution is 6.44. The Hall–Kier alpha value is -1.57. The predicted octanol–water partition coefficient (Wildman–Crippen LogP) is 6.90. The van der Waals surface area contributed by atoms with Crippen molar-refractivity contribution in [2.45, 2.75) is 38.1 Å². The second-order valence-corrected chi connectivity index (χ2v) is 12.5. The van der Waals surface area contributed by atoms with Gasteiger partial charge in [-0.1, -0.05) is 58.5 Å². The molecule has 1 aliphatic carbocycles. The molecule has 2 amide bonds. The molecule has 3 aliphatic rings. The van der Waals surface area contributed by atoms with Crippen LogP contribution in [0.3, 0.4) is 0 Å². The average Bonchev–Trinajstić information content (AvgIpc) is 2.96. The van der Waals surface area contributed by atoms with E-state index < -0.39 is 0 Å². The molecule has 2 aliphatic heterocycles. The van der Waals surface area contributed by atoms with Gasteiger partial charge in [-0.3, -0.25) is 4.90 Å². The van der Waals surface area contributed by atoms with Crippen LogP contribution in [-0.4, -0.2) is 80.8 Å². The second-order valence-electron chi connectivity index (χ2n) is 10.9. The quantitative estimate of drug-likeness (QED) is 0.385. The van der Waals surface area contributed by atoms with Crippen LogP contribution in [0.15, 0.2) is 36.4 Å². The molecule has 2 aromatic rings. The number of nitrogens with one attached hydrogen (secondary N) is 1. The first-order valence-electron chi connectivity index (χ1n) is 14.0.